The molecule has 0 bridgehead atoms. The van der Waals surface area contributed by atoms with Crippen LogP contribution in [0.2, 0.25) is 0 Å². The van der Waals surface area contributed by atoms with Gasteiger partial charge in [0.1, 0.15) is 0 Å². The van der Waals surface area contributed by atoms with Crippen LogP contribution in [0.3, 0.4) is 0 Å². The van der Waals surface area contributed by atoms with Gasteiger partial charge in [-0.3, -0.25) is 0 Å². The summed E-state index contributed by atoms with van der Waals surface area (Å²) < 4.78 is 0. The predicted molar refractivity (Wildman–Crippen MR) is 61.2 cm³/mol. The summed E-state index contributed by atoms with van der Waals surface area (Å²) in [5.74, 6) is 5.98. The van der Waals surface area contributed by atoms with E-state index in [-0.39, 0.29) is 0 Å². The fraction of sp³-hybridized carbons (Fsp3) is 0.833. The Bertz CT molecular complexity index is 196. The van der Waals surface area contributed by atoms with Crippen molar-refractivity contribution in [3.05, 3.63) is 0 Å². The van der Waals surface area contributed by atoms with Crippen LogP contribution < -0.4 is 10.6 Å². The van der Waals surface area contributed by atoms with Gasteiger partial charge in [0.05, 0.1) is 0 Å². The van der Waals surface area contributed by atoms with E-state index in [1.807, 2.05) is 6.92 Å². The fourth-order valence-corrected chi connectivity index (χ4v) is 1.97. The van der Waals surface area contributed by atoms with Crippen molar-refractivity contribution < 1.29 is 0 Å². The first-order valence-electron chi connectivity index (χ1n) is 5.69. The van der Waals surface area contributed by atoms with E-state index >= 15 is 0 Å². The molecule has 1 aliphatic rings. The van der Waals surface area contributed by atoms with Crippen molar-refractivity contribution in [1.29, 1.82) is 0 Å². The maximum absolute atomic E-state index is 3.52. The number of nitrogens with one attached hydrogen (secondary N) is 2. The van der Waals surface area contributed by atoms with Crippen LogP contribution in [0.25, 0.3) is 0 Å². The van der Waals surface area contributed by atoms with E-state index < -0.39 is 0 Å². The molecule has 14 heavy (non-hydrogen) atoms. The van der Waals surface area contributed by atoms with Crippen molar-refractivity contribution in [2.45, 2.75) is 51.6 Å². The molecular weight excluding hydrogens is 172 g/mol. The van der Waals surface area contributed by atoms with Crippen molar-refractivity contribution in [3.63, 3.8) is 0 Å². The van der Waals surface area contributed by atoms with Crippen LogP contribution in [0.15, 0.2) is 0 Å². The molecule has 2 atom stereocenters. The van der Waals surface area contributed by atoms with Gasteiger partial charge in [0.15, 0.2) is 0 Å². The van der Waals surface area contributed by atoms with Gasteiger partial charge in [-0.15, -0.1) is 11.8 Å². The van der Waals surface area contributed by atoms with E-state index in [4.69, 9.17) is 0 Å². The van der Waals surface area contributed by atoms with Crippen LogP contribution in [0, 0.1) is 11.8 Å². The molecular formula is C12H22N2. The lowest BCUT2D eigenvalue weighted by molar-refractivity contribution is 0.445. The van der Waals surface area contributed by atoms with Crippen molar-refractivity contribution >= 4 is 0 Å². The van der Waals surface area contributed by atoms with Crippen LogP contribution >= 0.6 is 0 Å². The van der Waals surface area contributed by atoms with E-state index in [1.54, 1.807) is 0 Å². The van der Waals surface area contributed by atoms with Crippen molar-refractivity contribution in [2.75, 3.05) is 13.1 Å². The van der Waals surface area contributed by atoms with Gasteiger partial charge in [-0.1, -0.05) is 0 Å². The van der Waals surface area contributed by atoms with Crippen LogP contribution in [-0.2, 0) is 0 Å². The smallest absolute Gasteiger partial charge is 0.0214 e. The first-order chi connectivity index (χ1) is 6.83. The lowest BCUT2D eigenvalue weighted by atomic mass is 10.1. The Balaban J connectivity index is 2.02. The van der Waals surface area contributed by atoms with Gasteiger partial charge in [0, 0.05) is 25.0 Å². The molecule has 0 saturated carbocycles. The summed E-state index contributed by atoms with van der Waals surface area (Å²) in [6, 6.07) is 1.36. The van der Waals surface area contributed by atoms with Crippen molar-refractivity contribution in [2.24, 2.45) is 0 Å². The standard InChI is InChI=1S/C12H22N2/c1-3-4-5-8-13-11(2)10-12-7-6-9-14-12/h11-14H,5-10H2,1-2H3. The van der Waals surface area contributed by atoms with Crippen molar-refractivity contribution in [3.8, 4) is 11.8 Å². The minimum Gasteiger partial charge on any atom is -0.314 e. The van der Waals surface area contributed by atoms with E-state index in [0.29, 0.717) is 6.04 Å². The Morgan fingerprint density at radius 1 is 1.57 bits per heavy atom. The minimum absolute atomic E-state index is 0.615. The normalized spacial score (nSPS) is 22.9. The topological polar surface area (TPSA) is 24.1 Å². The Labute approximate surface area is 87.8 Å². The molecule has 2 heteroatoms. The summed E-state index contributed by atoms with van der Waals surface area (Å²) >= 11 is 0. The molecule has 0 aliphatic carbocycles. The summed E-state index contributed by atoms with van der Waals surface area (Å²) in [5.41, 5.74) is 0. The summed E-state index contributed by atoms with van der Waals surface area (Å²) in [7, 11) is 0. The zero-order chi connectivity index (χ0) is 10.2. The molecule has 1 aliphatic heterocycles. The van der Waals surface area contributed by atoms with Crippen LogP contribution in [0.5, 0.6) is 0 Å². The van der Waals surface area contributed by atoms with E-state index in [2.05, 4.69) is 29.4 Å². The summed E-state index contributed by atoms with van der Waals surface area (Å²) in [4.78, 5) is 0. The fourth-order valence-electron chi connectivity index (χ4n) is 1.97. The SMILES string of the molecule is CC#CCCNC(C)CC1CCCN1. The maximum atomic E-state index is 3.52. The zero-order valence-corrected chi connectivity index (χ0v) is 9.40. The third-order valence-electron chi connectivity index (χ3n) is 2.72. The largest absolute Gasteiger partial charge is 0.314 e. The van der Waals surface area contributed by atoms with E-state index in [9.17, 15) is 0 Å². The number of hydrogen-bond acceptors (Lipinski definition) is 2. The van der Waals surface area contributed by atoms with Gasteiger partial charge in [0.2, 0.25) is 0 Å². The Hall–Kier alpha value is -0.520. The molecule has 1 heterocycles. The molecule has 2 N–H and O–H groups in total. The van der Waals surface area contributed by atoms with Gasteiger partial charge >= 0.3 is 0 Å². The lowest BCUT2D eigenvalue weighted by Gasteiger charge is -2.17. The highest BCUT2D eigenvalue weighted by atomic mass is 15.0. The first kappa shape index (κ1) is 11.6. The van der Waals surface area contributed by atoms with Gasteiger partial charge in [-0.25, -0.2) is 0 Å². The third kappa shape index (κ3) is 4.64. The molecule has 0 aromatic heterocycles. The maximum Gasteiger partial charge on any atom is 0.0214 e. The van der Waals surface area contributed by atoms with E-state index in [1.165, 1.54) is 25.8 Å². The number of rotatable bonds is 5. The molecule has 1 saturated heterocycles. The second-order valence-corrected chi connectivity index (χ2v) is 4.06. The predicted octanol–water partition coefficient (Wildman–Crippen LogP) is 1.52. The first-order valence-corrected chi connectivity index (χ1v) is 5.69. The Morgan fingerprint density at radius 3 is 3.07 bits per heavy atom. The molecule has 2 nitrogen and oxygen atoms in total. The highest BCUT2D eigenvalue weighted by molar-refractivity contribution is 4.95. The molecule has 2 unspecified atom stereocenters. The number of hydrogen-bond donors (Lipinski definition) is 2. The van der Waals surface area contributed by atoms with Crippen LogP contribution in [0.4, 0.5) is 0 Å². The van der Waals surface area contributed by atoms with Gasteiger partial charge in [0.25, 0.3) is 0 Å². The molecule has 0 aromatic rings. The molecule has 0 spiro atoms. The van der Waals surface area contributed by atoms with Crippen LogP contribution in [0.1, 0.15) is 39.5 Å². The average Bonchev–Trinajstić information content (AvgIpc) is 2.65. The molecule has 0 amide bonds. The van der Waals surface area contributed by atoms with Gasteiger partial charge in [-0.05, 0) is 39.7 Å². The lowest BCUT2D eigenvalue weighted by Crippen LogP contribution is -2.34. The highest BCUT2D eigenvalue weighted by Gasteiger charge is 2.16. The second-order valence-electron chi connectivity index (χ2n) is 4.06. The highest BCUT2D eigenvalue weighted by Crippen LogP contribution is 2.10. The third-order valence-corrected chi connectivity index (χ3v) is 2.72. The summed E-state index contributed by atoms with van der Waals surface area (Å²) in [5, 5.41) is 7.02. The summed E-state index contributed by atoms with van der Waals surface area (Å²) in [6.45, 7) is 6.39. The summed E-state index contributed by atoms with van der Waals surface area (Å²) in [6.07, 6.45) is 4.91. The van der Waals surface area contributed by atoms with Crippen LogP contribution in [-0.4, -0.2) is 25.2 Å². The second kappa shape index (κ2) is 6.86. The molecule has 1 fully saturated rings. The molecule has 80 valence electrons. The molecule has 1 rings (SSSR count). The zero-order valence-electron chi connectivity index (χ0n) is 9.40. The quantitative estimate of drug-likeness (QED) is 0.512. The van der Waals surface area contributed by atoms with Gasteiger partial charge < -0.3 is 10.6 Å². The molecule has 0 aromatic carbocycles. The average molecular weight is 194 g/mol. The Morgan fingerprint density at radius 2 is 2.43 bits per heavy atom. The van der Waals surface area contributed by atoms with Gasteiger partial charge in [-0.2, -0.15) is 0 Å². The monoisotopic (exact) mass is 194 g/mol. The Kier molecular flexibility index (Phi) is 5.66. The molecule has 0 radical (unpaired) electrons. The van der Waals surface area contributed by atoms with Crippen molar-refractivity contribution in [1.82, 2.24) is 10.6 Å². The van der Waals surface area contributed by atoms with E-state index in [0.717, 1.165) is 19.0 Å². The minimum atomic E-state index is 0.615.